The van der Waals surface area contributed by atoms with Crippen LogP contribution in [-0.4, -0.2) is 26.3 Å². The fraction of sp³-hybridized carbons (Fsp3) is 0.261. The Morgan fingerprint density at radius 1 is 1.07 bits per heavy atom. The molecule has 0 saturated carbocycles. The molecule has 1 aromatic heterocycles. The van der Waals surface area contributed by atoms with Gasteiger partial charge >= 0.3 is 5.97 Å². The highest BCUT2D eigenvalue weighted by Crippen LogP contribution is 2.50. The Kier molecular flexibility index (Phi) is 5.09. The van der Waals surface area contributed by atoms with Crippen LogP contribution in [0.25, 0.3) is 21.6 Å². The molecule has 0 bridgehead atoms. The van der Waals surface area contributed by atoms with E-state index in [1.165, 1.54) is 18.2 Å². The fourth-order valence-electron chi connectivity index (χ4n) is 3.48. The number of thiophene rings is 1. The maximum atomic E-state index is 11.8. The van der Waals surface area contributed by atoms with Gasteiger partial charge in [-0.3, -0.25) is 0 Å². The predicted octanol–water partition coefficient (Wildman–Crippen LogP) is 5.76. The van der Waals surface area contributed by atoms with Crippen molar-refractivity contribution in [3.05, 3.63) is 59.0 Å². The Balaban J connectivity index is 1.88. The lowest BCUT2D eigenvalue weighted by molar-refractivity contribution is 0.0601. The lowest BCUT2D eigenvalue weighted by atomic mass is 9.89. The third-order valence-corrected chi connectivity index (χ3v) is 5.82. The van der Waals surface area contributed by atoms with Crippen molar-refractivity contribution in [3.63, 3.8) is 0 Å². The van der Waals surface area contributed by atoms with E-state index in [9.17, 15) is 4.79 Å². The number of esters is 1. The maximum Gasteiger partial charge on any atom is 0.337 e. The van der Waals surface area contributed by atoms with Crippen molar-refractivity contribution >= 4 is 17.3 Å². The first-order chi connectivity index (χ1) is 13.6. The predicted molar refractivity (Wildman–Crippen MR) is 112 cm³/mol. The van der Waals surface area contributed by atoms with Crippen LogP contribution in [0.3, 0.4) is 0 Å². The van der Waals surface area contributed by atoms with Gasteiger partial charge in [-0.15, -0.1) is 11.3 Å². The molecule has 0 unspecified atom stereocenters. The van der Waals surface area contributed by atoms with Crippen LogP contribution in [0.15, 0.2) is 47.8 Å². The van der Waals surface area contributed by atoms with Crippen molar-refractivity contribution in [1.82, 2.24) is 0 Å². The molecular weight excluding hydrogens is 372 g/mol. The first-order valence-corrected chi connectivity index (χ1v) is 10.2. The molecule has 1 aliphatic heterocycles. The summed E-state index contributed by atoms with van der Waals surface area (Å²) < 4.78 is 16.5. The number of benzene rings is 2. The molecule has 0 atom stereocenters. The minimum absolute atomic E-state index is 0.333. The quantitative estimate of drug-likeness (QED) is 0.528. The highest BCUT2D eigenvalue weighted by molar-refractivity contribution is 7.14. The molecule has 3 aromatic rings. The highest BCUT2D eigenvalue weighted by atomic mass is 32.1. The van der Waals surface area contributed by atoms with Gasteiger partial charge in [0.1, 0.15) is 13.2 Å². The zero-order valence-corrected chi connectivity index (χ0v) is 17.0. The fourth-order valence-corrected chi connectivity index (χ4v) is 4.50. The Morgan fingerprint density at radius 3 is 2.54 bits per heavy atom. The summed E-state index contributed by atoms with van der Waals surface area (Å²) in [5.74, 6) is 1.67. The first-order valence-electron chi connectivity index (χ1n) is 9.29. The van der Waals surface area contributed by atoms with Gasteiger partial charge in [0.15, 0.2) is 11.5 Å². The van der Waals surface area contributed by atoms with Crippen molar-refractivity contribution in [2.24, 2.45) is 0 Å². The van der Waals surface area contributed by atoms with Gasteiger partial charge in [-0.1, -0.05) is 44.2 Å². The summed E-state index contributed by atoms with van der Waals surface area (Å²) in [6, 6.07) is 13.9. The van der Waals surface area contributed by atoms with Crippen molar-refractivity contribution in [3.8, 4) is 33.1 Å². The van der Waals surface area contributed by atoms with Gasteiger partial charge in [0, 0.05) is 10.9 Å². The van der Waals surface area contributed by atoms with E-state index in [1.54, 1.807) is 23.5 Å². The lowest BCUT2D eigenvalue weighted by Gasteiger charge is -2.20. The van der Waals surface area contributed by atoms with Crippen molar-refractivity contribution in [1.29, 1.82) is 0 Å². The minimum atomic E-state index is -0.333. The monoisotopic (exact) mass is 394 g/mol. The van der Waals surface area contributed by atoms with Gasteiger partial charge in [0.05, 0.1) is 17.6 Å². The number of carbonyl (C=O) groups is 1. The molecule has 1 aliphatic rings. The Labute approximate surface area is 168 Å². The van der Waals surface area contributed by atoms with Crippen LogP contribution in [0.2, 0.25) is 0 Å². The van der Waals surface area contributed by atoms with Gasteiger partial charge in [-0.2, -0.15) is 0 Å². The first kappa shape index (κ1) is 18.6. The van der Waals surface area contributed by atoms with E-state index in [0.717, 1.165) is 27.5 Å². The molecule has 0 saturated heterocycles. The standard InChI is InChI=1S/C23H22O4S/c1-14(2)17-5-4-6-18(15-7-9-16(10-8-15)23(24)25-3)20(17)22-21-19(13-28-22)26-11-12-27-21/h4-10,13-14H,11-12H2,1-3H3. The minimum Gasteiger partial charge on any atom is -0.485 e. The van der Waals surface area contributed by atoms with Crippen LogP contribution in [0.1, 0.15) is 35.7 Å². The number of fused-ring (bicyclic) bond motifs is 1. The number of methoxy groups -OCH3 is 1. The van der Waals surface area contributed by atoms with Crippen molar-refractivity contribution < 1.29 is 19.0 Å². The molecule has 2 aromatic carbocycles. The summed E-state index contributed by atoms with van der Waals surface area (Å²) in [6.45, 7) is 5.53. The molecule has 5 heteroatoms. The van der Waals surface area contributed by atoms with Crippen LogP contribution in [0.4, 0.5) is 0 Å². The average Bonchev–Trinajstić information content (AvgIpc) is 3.16. The third-order valence-electron chi connectivity index (χ3n) is 4.86. The second kappa shape index (κ2) is 7.68. The molecule has 0 N–H and O–H groups in total. The smallest absolute Gasteiger partial charge is 0.337 e. The van der Waals surface area contributed by atoms with Crippen LogP contribution in [0.5, 0.6) is 11.5 Å². The average molecular weight is 394 g/mol. The molecule has 2 heterocycles. The van der Waals surface area contributed by atoms with Gasteiger partial charge in [-0.05, 0) is 34.7 Å². The molecule has 0 radical (unpaired) electrons. The molecule has 4 nitrogen and oxygen atoms in total. The second-order valence-electron chi connectivity index (χ2n) is 6.95. The molecule has 144 valence electrons. The lowest BCUT2D eigenvalue weighted by Crippen LogP contribution is -2.14. The van der Waals surface area contributed by atoms with E-state index in [2.05, 4.69) is 32.0 Å². The van der Waals surface area contributed by atoms with E-state index in [1.807, 2.05) is 17.5 Å². The van der Waals surface area contributed by atoms with Crippen LogP contribution in [0, 0.1) is 0 Å². The molecule has 0 spiro atoms. The van der Waals surface area contributed by atoms with E-state index in [0.29, 0.717) is 24.7 Å². The SMILES string of the molecule is COC(=O)c1ccc(-c2cccc(C(C)C)c2-c2scc3c2OCCO3)cc1. The van der Waals surface area contributed by atoms with Gasteiger partial charge in [0.2, 0.25) is 0 Å². The Bertz CT molecular complexity index is 1000. The van der Waals surface area contributed by atoms with Crippen molar-refractivity contribution in [2.45, 2.75) is 19.8 Å². The van der Waals surface area contributed by atoms with E-state index < -0.39 is 0 Å². The number of hydrogen-bond acceptors (Lipinski definition) is 5. The zero-order chi connectivity index (χ0) is 19.7. The van der Waals surface area contributed by atoms with E-state index in [4.69, 9.17) is 14.2 Å². The van der Waals surface area contributed by atoms with Crippen molar-refractivity contribution in [2.75, 3.05) is 20.3 Å². The summed E-state index contributed by atoms with van der Waals surface area (Å²) in [6.07, 6.45) is 0. The number of hydrogen-bond donors (Lipinski definition) is 0. The summed E-state index contributed by atoms with van der Waals surface area (Å²) in [7, 11) is 1.39. The van der Waals surface area contributed by atoms with Gasteiger partial charge in [0.25, 0.3) is 0 Å². The number of carbonyl (C=O) groups excluding carboxylic acids is 1. The molecule has 4 rings (SSSR count). The van der Waals surface area contributed by atoms with Gasteiger partial charge < -0.3 is 14.2 Å². The van der Waals surface area contributed by atoms with Crippen LogP contribution < -0.4 is 9.47 Å². The number of ether oxygens (including phenoxy) is 3. The van der Waals surface area contributed by atoms with E-state index in [-0.39, 0.29) is 5.97 Å². The number of rotatable bonds is 4. The molecular formula is C23H22O4S. The second-order valence-corrected chi connectivity index (χ2v) is 7.83. The zero-order valence-electron chi connectivity index (χ0n) is 16.2. The molecule has 0 fully saturated rings. The maximum absolute atomic E-state index is 11.8. The highest BCUT2D eigenvalue weighted by Gasteiger charge is 2.24. The summed E-state index contributed by atoms with van der Waals surface area (Å²) >= 11 is 1.65. The topological polar surface area (TPSA) is 44.8 Å². The third kappa shape index (κ3) is 3.27. The Morgan fingerprint density at radius 2 is 1.82 bits per heavy atom. The largest absolute Gasteiger partial charge is 0.485 e. The Hall–Kier alpha value is -2.79. The normalized spacial score (nSPS) is 12.9. The summed E-state index contributed by atoms with van der Waals surface area (Å²) in [4.78, 5) is 12.9. The van der Waals surface area contributed by atoms with Crippen LogP contribution >= 0.6 is 11.3 Å². The van der Waals surface area contributed by atoms with E-state index >= 15 is 0 Å². The molecule has 28 heavy (non-hydrogen) atoms. The van der Waals surface area contributed by atoms with Crippen LogP contribution in [-0.2, 0) is 4.74 Å². The van der Waals surface area contributed by atoms with Gasteiger partial charge in [-0.25, -0.2) is 4.79 Å². The summed E-state index contributed by atoms with van der Waals surface area (Å²) in [5, 5.41) is 2.02. The molecule has 0 amide bonds. The molecule has 0 aliphatic carbocycles. The summed E-state index contributed by atoms with van der Waals surface area (Å²) in [5.41, 5.74) is 5.12.